The van der Waals surface area contributed by atoms with Gasteiger partial charge in [-0.1, -0.05) is 0 Å². The van der Waals surface area contributed by atoms with Crippen molar-refractivity contribution in [1.29, 1.82) is 0 Å². The van der Waals surface area contributed by atoms with E-state index in [2.05, 4.69) is 5.32 Å². The highest BCUT2D eigenvalue weighted by molar-refractivity contribution is 6.07. The fourth-order valence-corrected chi connectivity index (χ4v) is 1.37. The summed E-state index contributed by atoms with van der Waals surface area (Å²) in [6.07, 6.45) is 0. The van der Waals surface area contributed by atoms with Crippen molar-refractivity contribution in [2.24, 2.45) is 0 Å². The molecule has 0 unspecified atom stereocenters. The number of carbonyl (C=O) groups excluding carboxylic acids is 2. The molecule has 1 fully saturated rings. The van der Waals surface area contributed by atoms with Crippen LogP contribution in [-0.4, -0.2) is 54.2 Å². The van der Waals surface area contributed by atoms with E-state index in [1.165, 1.54) is 18.7 Å². The van der Waals surface area contributed by atoms with Gasteiger partial charge in [0, 0.05) is 24.2 Å². The molecule has 18 heavy (non-hydrogen) atoms. The van der Waals surface area contributed by atoms with E-state index in [0.717, 1.165) is 0 Å². The van der Waals surface area contributed by atoms with E-state index in [1.54, 1.807) is 0 Å². The summed E-state index contributed by atoms with van der Waals surface area (Å²) < 4.78 is 5.08. The highest BCUT2D eigenvalue weighted by Crippen LogP contribution is 2.04. The summed E-state index contributed by atoms with van der Waals surface area (Å²) in [6, 6.07) is -0.527. The smallest absolute Gasteiger partial charge is 0.331 e. The Morgan fingerprint density at radius 3 is 2.17 bits per heavy atom. The van der Waals surface area contributed by atoms with Crippen LogP contribution in [0, 0.1) is 0 Å². The number of carboxylic acids is 1. The molecule has 1 aliphatic rings. The van der Waals surface area contributed by atoms with E-state index in [4.69, 9.17) is 9.84 Å². The second-order valence-corrected chi connectivity index (χ2v) is 3.91. The lowest BCUT2D eigenvalue weighted by atomic mass is 10.1. The maximum atomic E-state index is 11.7. The molecule has 3 amide bonds. The van der Waals surface area contributed by atoms with E-state index < -0.39 is 17.9 Å². The predicted molar refractivity (Wildman–Crippen MR) is 61.9 cm³/mol. The Kier molecular flexibility index (Phi) is 4.85. The molecule has 0 aromatic heterocycles. The molecule has 0 aromatic rings. The van der Waals surface area contributed by atoms with Crippen molar-refractivity contribution in [3.63, 3.8) is 0 Å². The highest BCUT2D eigenvalue weighted by Gasteiger charge is 2.20. The molecule has 2 N–H and O–H groups in total. The van der Waals surface area contributed by atoms with Crippen LogP contribution in [0.4, 0.5) is 4.79 Å². The van der Waals surface area contributed by atoms with Crippen LogP contribution in [0.1, 0.15) is 13.8 Å². The number of nitrogens with one attached hydrogen (secondary N) is 1. The lowest BCUT2D eigenvalue weighted by Crippen LogP contribution is -2.48. The zero-order valence-corrected chi connectivity index (χ0v) is 10.4. The van der Waals surface area contributed by atoms with Crippen molar-refractivity contribution in [2.75, 3.05) is 26.3 Å². The number of imide groups is 1. The monoisotopic (exact) mass is 256 g/mol. The summed E-state index contributed by atoms with van der Waals surface area (Å²) in [5, 5.41) is 10.9. The first-order valence-electron chi connectivity index (χ1n) is 5.52. The van der Waals surface area contributed by atoms with Crippen LogP contribution >= 0.6 is 0 Å². The molecule has 1 heterocycles. The average molecular weight is 256 g/mol. The quantitative estimate of drug-likeness (QED) is 0.677. The van der Waals surface area contributed by atoms with Gasteiger partial charge in [-0.05, 0) is 13.8 Å². The zero-order valence-electron chi connectivity index (χ0n) is 10.4. The van der Waals surface area contributed by atoms with Crippen LogP contribution in [0.25, 0.3) is 0 Å². The number of aliphatic carboxylic acids is 1. The van der Waals surface area contributed by atoms with Gasteiger partial charge in [-0.2, -0.15) is 0 Å². The third-order valence-corrected chi connectivity index (χ3v) is 2.74. The summed E-state index contributed by atoms with van der Waals surface area (Å²) in [5.41, 5.74) is -0.0635. The van der Waals surface area contributed by atoms with Gasteiger partial charge in [0.05, 0.1) is 13.2 Å². The number of hydrogen-bond donors (Lipinski definition) is 2. The molecule has 7 heteroatoms. The van der Waals surface area contributed by atoms with Crippen molar-refractivity contribution in [1.82, 2.24) is 10.2 Å². The summed E-state index contributed by atoms with van der Waals surface area (Å²) >= 11 is 0. The minimum absolute atomic E-state index is 0.0177. The zero-order chi connectivity index (χ0) is 13.7. The number of rotatable bonds is 2. The van der Waals surface area contributed by atoms with E-state index in [-0.39, 0.29) is 11.1 Å². The van der Waals surface area contributed by atoms with Crippen LogP contribution in [0.2, 0.25) is 0 Å². The average Bonchev–Trinajstić information content (AvgIpc) is 2.37. The van der Waals surface area contributed by atoms with Crippen molar-refractivity contribution in [3.8, 4) is 0 Å². The van der Waals surface area contributed by atoms with Gasteiger partial charge in [-0.3, -0.25) is 10.1 Å². The maximum absolute atomic E-state index is 11.7. The first kappa shape index (κ1) is 14.2. The van der Waals surface area contributed by atoms with Gasteiger partial charge < -0.3 is 14.7 Å². The molecule has 0 radical (unpaired) electrons. The summed E-state index contributed by atoms with van der Waals surface area (Å²) in [7, 11) is 0. The van der Waals surface area contributed by atoms with Gasteiger partial charge >= 0.3 is 12.0 Å². The second kappa shape index (κ2) is 6.15. The Labute approximate surface area is 104 Å². The number of carboxylic acid groups (broad SMARTS) is 1. The van der Waals surface area contributed by atoms with Gasteiger partial charge in [-0.25, -0.2) is 9.59 Å². The minimum atomic E-state index is -1.18. The van der Waals surface area contributed by atoms with E-state index in [0.29, 0.717) is 26.3 Å². The van der Waals surface area contributed by atoms with Crippen molar-refractivity contribution in [2.45, 2.75) is 13.8 Å². The molecule has 0 spiro atoms. The van der Waals surface area contributed by atoms with E-state index in [1.807, 2.05) is 0 Å². The topological polar surface area (TPSA) is 95.9 Å². The highest BCUT2D eigenvalue weighted by atomic mass is 16.5. The van der Waals surface area contributed by atoms with Gasteiger partial charge in [0.2, 0.25) is 0 Å². The Balaban J connectivity index is 2.61. The number of hydrogen-bond acceptors (Lipinski definition) is 4. The summed E-state index contributed by atoms with van der Waals surface area (Å²) in [5.74, 6) is -1.87. The number of carbonyl (C=O) groups is 3. The molecule has 7 nitrogen and oxygen atoms in total. The Morgan fingerprint density at radius 2 is 1.67 bits per heavy atom. The number of amides is 3. The largest absolute Gasteiger partial charge is 0.478 e. The van der Waals surface area contributed by atoms with Crippen molar-refractivity contribution in [3.05, 3.63) is 11.1 Å². The van der Waals surface area contributed by atoms with Crippen LogP contribution in [0.3, 0.4) is 0 Å². The van der Waals surface area contributed by atoms with Crippen molar-refractivity contribution < 1.29 is 24.2 Å². The van der Waals surface area contributed by atoms with Crippen LogP contribution in [0.15, 0.2) is 11.1 Å². The van der Waals surface area contributed by atoms with Crippen LogP contribution < -0.4 is 5.32 Å². The molecule has 0 aliphatic carbocycles. The molecule has 100 valence electrons. The minimum Gasteiger partial charge on any atom is -0.478 e. The van der Waals surface area contributed by atoms with Gasteiger partial charge in [0.25, 0.3) is 5.91 Å². The molecular formula is C11H16N2O5. The molecule has 0 bridgehead atoms. The fourth-order valence-electron chi connectivity index (χ4n) is 1.37. The Hall–Kier alpha value is -1.89. The van der Waals surface area contributed by atoms with Crippen LogP contribution in [0.5, 0.6) is 0 Å². The third-order valence-electron chi connectivity index (χ3n) is 2.74. The van der Waals surface area contributed by atoms with Gasteiger partial charge in [-0.15, -0.1) is 0 Å². The fraction of sp³-hybridized carbons (Fsp3) is 0.545. The van der Waals surface area contributed by atoms with E-state index >= 15 is 0 Å². The summed E-state index contributed by atoms with van der Waals surface area (Å²) in [6.45, 7) is 4.39. The lowest BCUT2D eigenvalue weighted by molar-refractivity contribution is -0.133. The normalized spacial score (nSPS) is 16.9. The maximum Gasteiger partial charge on any atom is 0.331 e. The summed E-state index contributed by atoms with van der Waals surface area (Å²) in [4.78, 5) is 35.4. The molecule has 0 aromatic carbocycles. The van der Waals surface area contributed by atoms with Gasteiger partial charge in [0.1, 0.15) is 0 Å². The number of nitrogens with zero attached hydrogens (tertiary/aromatic N) is 1. The van der Waals surface area contributed by atoms with Gasteiger partial charge in [0.15, 0.2) is 0 Å². The number of morpholine rings is 1. The lowest BCUT2D eigenvalue weighted by Gasteiger charge is -2.26. The van der Waals surface area contributed by atoms with Crippen molar-refractivity contribution >= 4 is 17.9 Å². The predicted octanol–water partition coefficient (Wildman–Crippen LogP) is -0.0242. The molecule has 1 rings (SSSR count). The molecular weight excluding hydrogens is 240 g/mol. The molecule has 1 aliphatic heterocycles. The number of urea groups is 1. The molecule has 0 saturated carbocycles. The molecule has 1 saturated heterocycles. The van der Waals surface area contributed by atoms with E-state index in [9.17, 15) is 14.4 Å². The first-order chi connectivity index (χ1) is 8.43. The standard InChI is InChI=1S/C11H16N2O5/c1-7(8(2)10(15)16)9(14)12-11(17)13-3-5-18-6-4-13/h3-6H2,1-2H3,(H,15,16)(H,12,14,17). The third kappa shape index (κ3) is 3.56. The number of ether oxygens (including phenoxy) is 1. The Morgan fingerprint density at radius 1 is 1.11 bits per heavy atom. The van der Waals surface area contributed by atoms with Crippen LogP contribution in [-0.2, 0) is 14.3 Å². The SMILES string of the molecule is CC(C(=O)O)=C(C)C(=O)NC(=O)N1CCOCC1. The Bertz CT molecular complexity index is 396. The molecule has 0 atom stereocenters. The first-order valence-corrected chi connectivity index (χ1v) is 5.52. The second-order valence-electron chi connectivity index (χ2n) is 3.91.